The van der Waals surface area contributed by atoms with Gasteiger partial charge in [-0.25, -0.2) is 4.99 Å². The van der Waals surface area contributed by atoms with E-state index in [0.717, 1.165) is 11.1 Å². The third-order valence-electron chi connectivity index (χ3n) is 4.34. The lowest BCUT2D eigenvalue weighted by molar-refractivity contribution is 0.0975. The Morgan fingerprint density at radius 1 is 1.33 bits per heavy atom. The zero-order valence-corrected chi connectivity index (χ0v) is 17.4. The largest absolute Gasteiger partial charge is 0.497 e. The summed E-state index contributed by atoms with van der Waals surface area (Å²) in [6, 6.07) is 12.6. The molecule has 3 rings (SSSR count). The molecule has 154 valence electrons. The van der Waals surface area contributed by atoms with E-state index in [2.05, 4.69) is 22.0 Å². The summed E-state index contributed by atoms with van der Waals surface area (Å²) in [6.45, 7) is 5.64. The fraction of sp³-hybridized carbons (Fsp3) is 0.136. The van der Waals surface area contributed by atoms with Crippen molar-refractivity contribution in [2.24, 2.45) is 10.7 Å². The molecule has 0 bridgehead atoms. The summed E-state index contributed by atoms with van der Waals surface area (Å²) in [5.74, 6) is 0.582. The Morgan fingerprint density at radius 2 is 2.07 bits per heavy atom. The standard InChI is InChI=1S/C22H21ClN4O3/c1-4-14-9-15(11-17(23)10-14)12-25-22(24)26-21(28)19-13(2)30-27-20(19)16-5-7-18(29-3)8-6-16/h4-11H,1,12H2,2-3H3,(H3,24,25,26,28). The zero-order chi connectivity index (χ0) is 21.7. The van der Waals surface area contributed by atoms with E-state index in [-0.39, 0.29) is 18.1 Å². The molecule has 3 aromatic rings. The second-order valence-electron chi connectivity index (χ2n) is 6.44. The molecule has 0 radical (unpaired) electrons. The van der Waals surface area contributed by atoms with E-state index >= 15 is 0 Å². The summed E-state index contributed by atoms with van der Waals surface area (Å²) >= 11 is 6.09. The number of carbonyl (C=O) groups is 1. The first-order chi connectivity index (χ1) is 14.4. The van der Waals surface area contributed by atoms with Crippen LogP contribution in [0.5, 0.6) is 5.75 Å². The maximum atomic E-state index is 12.8. The molecule has 0 aliphatic heterocycles. The normalized spacial score (nSPS) is 11.2. The fourth-order valence-corrected chi connectivity index (χ4v) is 3.13. The van der Waals surface area contributed by atoms with Crippen molar-refractivity contribution in [2.75, 3.05) is 7.11 Å². The van der Waals surface area contributed by atoms with E-state index < -0.39 is 5.91 Å². The highest BCUT2D eigenvalue weighted by atomic mass is 35.5. The number of nitrogens with two attached hydrogens (primary N) is 1. The third kappa shape index (κ3) is 4.87. The Balaban J connectivity index is 1.77. The van der Waals surface area contributed by atoms with Crippen molar-refractivity contribution in [3.8, 4) is 17.0 Å². The minimum atomic E-state index is -0.460. The number of methoxy groups -OCH3 is 1. The molecule has 1 heterocycles. The molecule has 0 fully saturated rings. The van der Waals surface area contributed by atoms with Gasteiger partial charge >= 0.3 is 0 Å². The fourth-order valence-electron chi connectivity index (χ4n) is 2.86. The SMILES string of the molecule is C=Cc1cc(Cl)cc(CN=C(N)NC(=O)c2c(-c3ccc(OC)cc3)noc2C)c1. The smallest absolute Gasteiger partial charge is 0.263 e. The number of nitrogens with one attached hydrogen (secondary N) is 1. The number of guanidine groups is 1. The summed E-state index contributed by atoms with van der Waals surface area (Å²) in [5, 5.41) is 7.16. The molecule has 1 aromatic heterocycles. The van der Waals surface area contributed by atoms with Crippen molar-refractivity contribution in [3.63, 3.8) is 0 Å². The molecule has 0 saturated heterocycles. The van der Waals surface area contributed by atoms with Crippen molar-refractivity contribution < 1.29 is 14.1 Å². The molecule has 1 amide bonds. The first-order valence-corrected chi connectivity index (χ1v) is 9.43. The summed E-state index contributed by atoms with van der Waals surface area (Å²) in [7, 11) is 1.58. The number of nitrogens with zero attached hydrogens (tertiary/aromatic N) is 2. The van der Waals surface area contributed by atoms with E-state index in [1.807, 2.05) is 6.07 Å². The summed E-state index contributed by atoms with van der Waals surface area (Å²) in [5.41, 5.74) is 9.04. The van der Waals surface area contributed by atoms with Gasteiger partial charge in [0.1, 0.15) is 22.8 Å². The summed E-state index contributed by atoms with van der Waals surface area (Å²) < 4.78 is 10.4. The summed E-state index contributed by atoms with van der Waals surface area (Å²) in [6.07, 6.45) is 1.69. The molecule has 0 aliphatic rings. The average Bonchev–Trinajstić information content (AvgIpc) is 3.13. The Labute approximate surface area is 179 Å². The maximum absolute atomic E-state index is 12.8. The number of ether oxygens (including phenoxy) is 1. The molecule has 2 aromatic carbocycles. The van der Waals surface area contributed by atoms with Crippen LogP contribution in [0.1, 0.15) is 27.2 Å². The molecule has 0 aliphatic carbocycles. The van der Waals surface area contributed by atoms with Gasteiger partial charge in [-0.05, 0) is 60.5 Å². The number of amides is 1. The molecule has 0 spiro atoms. The van der Waals surface area contributed by atoms with Gasteiger partial charge in [0.2, 0.25) is 0 Å². The van der Waals surface area contributed by atoms with Gasteiger partial charge < -0.3 is 15.0 Å². The van der Waals surface area contributed by atoms with E-state index in [0.29, 0.717) is 27.8 Å². The number of aromatic nitrogens is 1. The van der Waals surface area contributed by atoms with Gasteiger partial charge in [-0.15, -0.1) is 0 Å². The topological polar surface area (TPSA) is 103 Å². The lowest BCUT2D eigenvalue weighted by Gasteiger charge is -2.07. The van der Waals surface area contributed by atoms with Crippen molar-refractivity contribution in [1.82, 2.24) is 10.5 Å². The molecular weight excluding hydrogens is 404 g/mol. The van der Waals surface area contributed by atoms with Crippen LogP contribution in [0.3, 0.4) is 0 Å². The van der Waals surface area contributed by atoms with Crippen molar-refractivity contribution in [3.05, 3.63) is 76.5 Å². The lowest BCUT2D eigenvalue weighted by Crippen LogP contribution is -2.37. The second kappa shape index (κ2) is 9.28. The Kier molecular flexibility index (Phi) is 6.54. The monoisotopic (exact) mass is 424 g/mol. The molecular formula is C22H21ClN4O3. The van der Waals surface area contributed by atoms with Crippen molar-refractivity contribution in [2.45, 2.75) is 13.5 Å². The van der Waals surface area contributed by atoms with Crippen LogP contribution in [-0.2, 0) is 6.54 Å². The number of aryl methyl sites for hydroxylation is 1. The van der Waals surface area contributed by atoms with Crippen LogP contribution >= 0.6 is 11.6 Å². The zero-order valence-electron chi connectivity index (χ0n) is 16.6. The van der Waals surface area contributed by atoms with Gasteiger partial charge in [0, 0.05) is 10.6 Å². The highest BCUT2D eigenvalue weighted by Gasteiger charge is 2.22. The van der Waals surface area contributed by atoms with Gasteiger partial charge in [-0.2, -0.15) is 0 Å². The van der Waals surface area contributed by atoms with E-state index in [1.54, 1.807) is 56.5 Å². The predicted octanol–water partition coefficient (Wildman–Crippen LogP) is 4.20. The van der Waals surface area contributed by atoms with Crippen LogP contribution in [-0.4, -0.2) is 24.1 Å². The number of carbonyl (C=O) groups excluding carboxylic acids is 1. The van der Waals surface area contributed by atoms with Crippen LogP contribution in [0.25, 0.3) is 17.3 Å². The Morgan fingerprint density at radius 3 is 2.73 bits per heavy atom. The van der Waals surface area contributed by atoms with E-state index in [1.165, 1.54) is 0 Å². The Hall–Kier alpha value is -3.58. The first kappa shape index (κ1) is 21.1. The molecule has 8 heteroatoms. The van der Waals surface area contributed by atoms with Crippen molar-refractivity contribution in [1.29, 1.82) is 0 Å². The number of aliphatic imine (C=N–C) groups is 1. The average molecular weight is 425 g/mol. The quantitative estimate of drug-likeness (QED) is 0.456. The van der Waals surface area contributed by atoms with Crippen LogP contribution in [0.4, 0.5) is 0 Å². The van der Waals surface area contributed by atoms with Gasteiger partial charge in [-0.3, -0.25) is 10.1 Å². The third-order valence-corrected chi connectivity index (χ3v) is 4.56. The molecule has 0 unspecified atom stereocenters. The predicted molar refractivity (Wildman–Crippen MR) is 118 cm³/mol. The number of rotatable bonds is 6. The summed E-state index contributed by atoms with van der Waals surface area (Å²) in [4.78, 5) is 17.0. The van der Waals surface area contributed by atoms with Crippen molar-refractivity contribution >= 4 is 29.5 Å². The van der Waals surface area contributed by atoms with Crippen LogP contribution in [0, 0.1) is 6.92 Å². The van der Waals surface area contributed by atoms with Gasteiger partial charge in [-0.1, -0.05) is 29.4 Å². The highest BCUT2D eigenvalue weighted by molar-refractivity contribution is 6.30. The second-order valence-corrected chi connectivity index (χ2v) is 6.88. The van der Waals surface area contributed by atoms with Gasteiger partial charge in [0.25, 0.3) is 5.91 Å². The molecule has 0 saturated carbocycles. The lowest BCUT2D eigenvalue weighted by atomic mass is 10.1. The number of hydrogen-bond acceptors (Lipinski definition) is 5. The van der Waals surface area contributed by atoms with E-state index in [9.17, 15) is 4.79 Å². The maximum Gasteiger partial charge on any atom is 0.263 e. The minimum Gasteiger partial charge on any atom is -0.497 e. The number of benzene rings is 2. The molecule has 7 nitrogen and oxygen atoms in total. The van der Waals surface area contributed by atoms with Crippen LogP contribution in [0.2, 0.25) is 5.02 Å². The first-order valence-electron chi connectivity index (χ1n) is 9.05. The van der Waals surface area contributed by atoms with Gasteiger partial charge in [0.05, 0.1) is 13.7 Å². The number of halogens is 1. The van der Waals surface area contributed by atoms with Crippen LogP contribution < -0.4 is 15.8 Å². The van der Waals surface area contributed by atoms with Gasteiger partial charge in [0.15, 0.2) is 5.96 Å². The van der Waals surface area contributed by atoms with E-state index in [4.69, 9.17) is 26.6 Å². The Bertz CT molecular complexity index is 1100. The molecule has 0 atom stereocenters. The minimum absolute atomic E-state index is 0.0265. The number of hydrogen-bond donors (Lipinski definition) is 2. The van der Waals surface area contributed by atoms with Crippen LogP contribution in [0.15, 0.2) is 58.6 Å². The molecule has 3 N–H and O–H groups in total. The highest BCUT2D eigenvalue weighted by Crippen LogP contribution is 2.27. The molecule has 30 heavy (non-hydrogen) atoms.